The molecule has 0 saturated heterocycles. The minimum atomic E-state index is -0.367. The van der Waals surface area contributed by atoms with Crippen LogP contribution in [0.1, 0.15) is 36.7 Å². The highest BCUT2D eigenvalue weighted by Crippen LogP contribution is 2.30. The molecule has 164 valence electrons. The number of ether oxygens (including phenoxy) is 1. The average Bonchev–Trinajstić information content (AvgIpc) is 3.17. The van der Waals surface area contributed by atoms with Gasteiger partial charge in [-0.3, -0.25) is 9.20 Å². The van der Waals surface area contributed by atoms with Gasteiger partial charge in [0.15, 0.2) is 5.65 Å². The molecule has 1 aliphatic rings. The number of fused-ring (bicyclic) bond motifs is 1. The molecule has 0 saturated carbocycles. The number of hydrogen-bond acceptors (Lipinski definition) is 4. The monoisotopic (exact) mass is 435 g/mol. The third-order valence-electron chi connectivity index (χ3n) is 5.67. The van der Waals surface area contributed by atoms with Gasteiger partial charge in [-0.2, -0.15) is 0 Å². The first kappa shape index (κ1) is 20.9. The van der Waals surface area contributed by atoms with Gasteiger partial charge in [-0.1, -0.05) is 78.9 Å². The van der Waals surface area contributed by atoms with E-state index in [4.69, 9.17) is 14.7 Å². The van der Waals surface area contributed by atoms with Crippen LogP contribution >= 0.6 is 0 Å². The van der Waals surface area contributed by atoms with Gasteiger partial charge in [0.1, 0.15) is 5.69 Å². The van der Waals surface area contributed by atoms with Crippen LogP contribution in [-0.4, -0.2) is 20.3 Å². The molecule has 0 amide bonds. The largest absolute Gasteiger partial charge is 0.407 e. The van der Waals surface area contributed by atoms with Gasteiger partial charge in [-0.05, 0) is 24.0 Å². The maximum atomic E-state index is 12.0. The van der Waals surface area contributed by atoms with Crippen molar-refractivity contribution in [2.75, 3.05) is 0 Å². The highest BCUT2D eigenvalue weighted by atomic mass is 16.5. The van der Waals surface area contributed by atoms with Crippen LogP contribution in [0.25, 0.3) is 16.9 Å². The molecule has 0 unspecified atom stereocenters. The number of imidazole rings is 1. The molecule has 0 atom stereocenters. The molecule has 0 aliphatic heterocycles. The van der Waals surface area contributed by atoms with E-state index < -0.39 is 0 Å². The zero-order chi connectivity index (χ0) is 22.6. The Labute approximate surface area is 193 Å². The van der Waals surface area contributed by atoms with Gasteiger partial charge in [0.25, 0.3) is 0 Å². The van der Waals surface area contributed by atoms with Crippen LogP contribution in [0.3, 0.4) is 0 Å². The number of hydrogen-bond donors (Lipinski definition) is 0. The van der Waals surface area contributed by atoms with Gasteiger partial charge < -0.3 is 4.74 Å². The first-order chi connectivity index (χ1) is 16.2. The Morgan fingerprint density at radius 1 is 0.939 bits per heavy atom. The van der Waals surface area contributed by atoms with Gasteiger partial charge in [-0.25, -0.2) is 9.97 Å². The van der Waals surface area contributed by atoms with Crippen molar-refractivity contribution in [2.24, 2.45) is 0 Å². The van der Waals surface area contributed by atoms with Crippen molar-refractivity contribution in [1.82, 2.24) is 14.4 Å². The van der Waals surface area contributed by atoms with Gasteiger partial charge in [-0.15, -0.1) is 0 Å². The Kier molecular flexibility index (Phi) is 5.85. The fourth-order valence-corrected chi connectivity index (χ4v) is 4.14. The second kappa shape index (κ2) is 9.25. The molecule has 0 spiro atoms. The normalized spacial score (nSPS) is 13.2. The van der Waals surface area contributed by atoms with Crippen molar-refractivity contribution in [3.63, 3.8) is 0 Å². The summed E-state index contributed by atoms with van der Waals surface area (Å²) in [6.07, 6.45) is 11.7. The Balaban J connectivity index is 1.69. The smallest absolute Gasteiger partial charge is 0.309 e. The summed E-state index contributed by atoms with van der Waals surface area (Å²) in [6.45, 7) is 1.42. The van der Waals surface area contributed by atoms with Gasteiger partial charge in [0.05, 0.1) is 11.4 Å². The summed E-state index contributed by atoms with van der Waals surface area (Å²) in [7, 11) is 0. The molecule has 5 heteroatoms. The van der Waals surface area contributed by atoms with Crippen molar-refractivity contribution in [2.45, 2.75) is 32.6 Å². The van der Waals surface area contributed by atoms with Gasteiger partial charge >= 0.3 is 5.97 Å². The molecule has 0 fully saturated rings. The molecule has 2 aromatic carbocycles. The minimum Gasteiger partial charge on any atom is -0.407 e. The molecule has 5 nitrogen and oxygen atoms in total. The van der Waals surface area contributed by atoms with Crippen LogP contribution < -0.4 is 4.74 Å². The van der Waals surface area contributed by atoms with Crippen LogP contribution in [0.15, 0.2) is 90.7 Å². The lowest BCUT2D eigenvalue weighted by molar-refractivity contribution is -0.132. The third-order valence-corrected chi connectivity index (χ3v) is 5.67. The summed E-state index contributed by atoms with van der Waals surface area (Å²) < 4.78 is 7.61. The molecule has 2 heterocycles. The Morgan fingerprint density at radius 2 is 1.70 bits per heavy atom. The summed E-state index contributed by atoms with van der Waals surface area (Å²) in [5, 5.41) is 0. The van der Waals surface area contributed by atoms with E-state index in [9.17, 15) is 4.79 Å². The van der Waals surface area contributed by atoms with Crippen molar-refractivity contribution in [1.29, 1.82) is 0 Å². The second-order valence-electron chi connectivity index (χ2n) is 8.19. The maximum Gasteiger partial charge on any atom is 0.309 e. The van der Waals surface area contributed by atoms with E-state index in [0.29, 0.717) is 24.4 Å². The highest BCUT2D eigenvalue weighted by molar-refractivity contribution is 5.71. The lowest BCUT2D eigenvalue weighted by atomic mass is 10.0. The first-order valence-electron chi connectivity index (χ1n) is 11.2. The van der Waals surface area contributed by atoms with E-state index in [1.54, 1.807) is 0 Å². The van der Waals surface area contributed by atoms with Crippen LogP contribution in [-0.2, 0) is 17.6 Å². The molecule has 0 radical (unpaired) electrons. The zero-order valence-corrected chi connectivity index (χ0v) is 18.6. The van der Waals surface area contributed by atoms with Crippen LogP contribution in [0.4, 0.5) is 0 Å². The third kappa shape index (κ3) is 4.62. The van der Waals surface area contributed by atoms with Crippen molar-refractivity contribution in [3.8, 4) is 17.1 Å². The standard InChI is InChI=1S/C28H25N3O2/c1-20(32)33-28-25(18-22-13-7-3-8-14-22)30-27-24(17-21-11-5-2-6-12-21)29-26(19-31(27)28)23-15-9-4-10-16-23/h2,4-7,9-16,19H,3,8,17-18H2,1H3. The molecular formula is C28H25N3O2. The van der Waals surface area contributed by atoms with Crippen LogP contribution in [0.2, 0.25) is 0 Å². The van der Waals surface area contributed by atoms with E-state index >= 15 is 0 Å². The predicted molar refractivity (Wildman–Crippen MR) is 129 cm³/mol. The number of allylic oxidation sites excluding steroid dienone is 4. The Hall–Kier alpha value is -3.99. The molecule has 5 rings (SSSR count). The number of aromatic nitrogens is 3. The van der Waals surface area contributed by atoms with E-state index in [1.165, 1.54) is 12.5 Å². The number of rotatable bonds is 6. The summed E-state index contributed by atoms with van der Waals surface area (Å²) >= 11 is 0. The first-order valence-corrected chi connectivity index (χ1v) is 11.2. The van der Waals surface area contributed by atoms with Crippen LogP contribution in [0, 0.1) is 0 Å². The summed E-state index contributed by atoms with van der Waals surface area (Å²) in [6, 6.07) is 20.3. The highest BCUT2D eigenvalue weighted by Gasteiger charge is 2.21. The molecule has 4 aromatic rings. The van der Waals surface area contributed by atoms with Gasteiger partial charge in [0, 0.05) is 31.5 Å². The maximum absolute atomic E-state index is 12.0. The quantitative estimate of drug-likeness (QED) is 0.363. The molecule has 2 aromatic heterocycles. The number of carbonyl (C=O) groups excluding carboxylic acids is 1. The van der Waals surface area contributed by atoms with Gasteiger partial charge in [0.2, 0.25) is 5.88 Å². The topological polar surface area (TPSA) is 56.5 Å². The fourth-order valence-electron chi connectivity index (χ4n) is 4.14. The van der Waals surface area contributed by atoms with E-state index in [-0.39, 0.29) is 5.97 Å². The summed E-state index contributed by atoms with van der Waals surface area (Å²) in [5.74, 6) is 0.0974. The Bertz CT molecular complexity index is 1350. The van der Waals surface area contributed by atoms with E-state index in [0.717, 1.165) is 41.1 Å². The van der Waals surface area contributed by atoms with Crippen molar-refractivity contribution in [3.05, 3.63) is 108 Å². The zero-order valence-electron chi connectivity index (χ0n) is 18.6. The predicted octanol–water partition coefficient (Wildman–Crippen LogP) is 5.73. The SMILES string of the molecule is CC(=O)Oc1c(CC2=CCCC=C2)nc2c(Cc3ccccc3)nc(-c3ccccc3)cn12. The lowest BCUT2D eigenvalue weighted by Gasteiger charge is -2.10. The fraction of sp³-hybridized carbons (Fsp3) is 0.179. The summed E-state index contributed by atoms with van der Waals surface area (Å²) in [5.41, 5.74) is 6.43. The lowest BCUT2D eigenvalue weighted by Crippen LogP contribution is -2.07. The van der Waals surface area contributed by atoms with Crippen molar-refractivity contribution >= 4 is 11.6 Å². The van der Waals surface area contributed by atoms with Crippen molar-refractivity contribution < 1.29 is 9.53 Å². The number of esters is 1. The van der Waals surface area contributed by atoms with Crippen LogP contribution in [0.5, 0.6) is 5.88 Å². The Morgan fingerprint density at radius 3 is 2.39 bits per heavy atom. The number of carbonyl (C=O) groups is 1. The average molecular weight is 436 g/mol. The van der Waals surface area contributed by atoms with E-state index in [2.05, 4.69) is 30.4 Å². The number of nitrogens with zero attached hydrogens (tertiary/aromatic N) is 3. The number of benzene rings is 2. The minimum absolute atomic E-state index is 0.367. The molecular weight excluding hydrogens is 410 g/mol. The van der Waals surface area contributed by atoms with E-state index in [1.807, 2.05) is 59.1 Å². The molecule has 0 N–H and O–H groups in total. The second-order valence-corrected chi connectivity index (χ2v) is 8.19. The summed E-state index contributed by atoms with van der Waals surface area (Å²) in [4.78, 5) is 22.0. The molecule has 0 bridgehead atoms. The molecule has 33 heavy (non-hydrogen) atoms. The molecule has 1 aliphatic carbocycles.